The molecule has 1 amide bonds. The van der Waals surface area contributed by atoms with Crippen molar-refractivity contribution in [2.75, 3.05) is 12.3 Å². The van der Waals surface area contributed by atoms with E-state index in [0.717, 1.165) is 23.6 Å². The average molecular weight is 459 g/mol. The molecule has 0 aliphatic heterocycles. The van der Waals surface area contributed by atoms with Crippen molar-refractivity contribution in [3.8, 4) is 5.75 Å². The van der Waals surface area contributed by atoms with Crippen LogP contribution in [0.2, 0.25) is 5.02 Å². The third-order valence-electron chi connectivity index (χ3n) is 4.78. The number of nitrogens with one attached hydrogen (secondary N) is 1. The van der Waals surface area contributed by atoms with E-state index in [1.165, 1.54) is 17.3 Å². The molecule has 164 valence electrons. The SMILES string of the molecule is CCn1c(SCC(=O)NCCc2ccccc2)nnc1C(C)Oc1ccc(Cl)cc1C. The quantitative estimate of drug-likeness (QED) is 0.440. The maximum atomic E-state index is 12.2. The summed E-state index contributed by atoms with van der Waals surface area (Å²) in [6, 6.07) is 15.6. The molecule has 6 nitrogen and oxygen atoms in total. The lowest BCUT2D eigenvalue weighted by Crippen LogP contribution is -2.27. The zero-order valence-electron chi connectivity index (χ0n) is 18.0. The first-order valence-corrected chi connectivity index (χ1v) is 11.6. The van der Waals surface area contributed by atoms with Gasteiger partial charge in [-0.3, -0.25) is 4.79 Å². The van der Waals surface area contributed by atoms with Crippen LogP contribution in [0, 0.1) is 6.92 Å². The largest absolute Gasteiger partial charge is 0.482 e. The summed E-state index contributed by atoms with van der Waals surface area (Å²) in [5.74, 6) is 1.76. The van der Waals surface area contributed by atoms with Gasteiger partial charge in [-0.25, -0.2) is 0 Å². The van der Waals surface area contributed by atoms with Crippen molar-refractivity contribution < 1.29 is 9.53 Å². The summed E-state index contributed by atoms with van der Waals surface area (Å²) in [7, 11) is 0. The van der Waals surface area contributed by atoms with Crippen LogP contribution in [-0.4, -0.2) is 33.0 Å². The number of nitrogens with zero attached hydrogens (tertiary/aromatic N) is 3. The van der Waals surface area contributed by atoms with Gasteiger partial charge in [-0.2, -0.15) is 0 Å². The van der Waals surface area contributed by atoms with Gasteiger partial charge in [0.2, 0.25) is 5.91 Å². The summed E-state index contributed by atoms with van der Waals surface area (Å²) in [6.07, 6.45) is 0.521. The minimum atomic E-state index is -0.290. The van der Waals surface area contributed by atoms with E-state index in [2.05, 4.69) is 27.6 Å². The Bertz CT molecular complexity index is 1010. The Balaban J connectivity index is 1.54. The monoisotopic (exact) mass is 458 g/mol. The molecule has 0 aliphatic carbocycles. The fourth-order valence-corrected chi connectivity index (χ4v) is 4.23. The summed E-state index contributed by atoms with van der Waals surface area (Å²) in [6.45, 7) is 7.22. The predicted octanol–water partition coefficient (Wildman–Crippen LogP) is 4.85. The van der Waals surface area contributed by atoms with Gasteiger partial charge in [-0.1, -0.05) is 53.7 Å². The number of aromatic nitrogens is 3. The van der Waals surface area contributed by atoms with Crippen LogP contribution in [0.15, 0.2) is 53.7 Å². The van der Waals surface area contributed by atoms with Crippen LogP contribution in [0.3, 0.4) is 0 Å². The highest BCUT2D eigenvalue weighted by molar-refractivity contribution is 7.99. The first kappa shape index (κ1) is 23.2. The van der Waals surface area contributed by atoms with Gasteiger partial charge in [0.25, 0.3) is 0 Å². The van der Waals surface area contributed by atoms with Crippen LogP contribution < -0.4 is 10.1 Å². The average Bonchev–Trinajstić information content (AvgIpc) is 3.18. The van der Waals surface area contributed by atoms with Gasteiger partial charge in [0.15, 0.2) is 17.1 Å². The predicted molar refractivity (Wildman–Crippen MR) is 125 cm³/mol. The Morgan fingerprint density at radius 2 is 2.00 bits per heavy atom. The Hall–Kier alpha value is -2.51. The number of amides is 1. The molecule has 0 saturated heterocycles. The second-order valence-corrected chi connectivity index (χ2v) is 8.51. The highest BCUT2D eigenvalue weighted by atomic mass is 35.5. The normalized spacial score (nSPS) is 11.9. The Morgan fingerprint density at radius 3 is 2.71 bits per heavy atom. The topological polar surface area (TPSA) is 69.0 Å². The van der Waals surface area contributed by atoms with Crippen molar-refractivity contribution in [3.63, 3.8) is 0 Å². The van der Waals surface area contributed by atoms with Gasteiger partial charge >= 0.3 is 0 Å². The van der Waals surface area contributed by atoms with E-state index in [9.17, 15) is 4.79 Å². The second kappa shape index (κ2) is 11.2. The lowest BCUT2D eigenvalue weighted by Gasteiger charge is -2.17. The second-order valence-electron chi connectivity index (χ2n) is 7.13. The summed E-state index contributed by atoms with van der Waals surface area (Å²) in [4.78, 5) is 12.2. The lowest BCUT2D eigenvalue weighted by molar-refractivity contribution is -0.118. The molecule has 0 saturated carbocycles. The third-order valence-corrected chi connectivity index (χ3v) is 5.98. The molecule has 1 atom stereocenters. The number of ether oxygens (including phenoxy) is 1. The molecule has 1 aromatic heterocycles. The zero-order valence-corrected chi connectivity index (χ0v) is 19.5. The van der Waals surface area contributed by atoms with E-state index in [1.807, 2.05) is 55.7 Å². The summed E-state index contributed by atoms with van der Waals surface area (Å²) in [5, 5.41) is 12.9. The molecular weight excluding hydrogens is 432 g/mol. The molecule has 0 spiro atoms. The zero-order chi connectivity index (χ0) is 22.2. The molecule has 2 aromatic carbocycles. The van der Waals surface area contributed by atoms with Crippen LogP contribution in [0.4, 0.5) is 0 Å². The summed E-state index contributed by atoms with van der Waals surface area (Å²) < 4.78 is 8.08. The van der Waals surface area contributed by atoms with E-state index in [-0.39, 0.29) is 12.0 Å². The number of thioether (sulfide) groups is 1. The molecule has 31 heavy (non-hydrogen) atoms. The van der Waals surface area contributed by atoms with Gasteiger partial charge in [-0.15, -0.1) is 10.2 Å². The molecule has 8 heteroatoms. The van der Waals surface area contributed by atoms with Gasteiger partial charge in [0.05, 0.1) is 5.75 Å². The maximum Gasteiger partial charge on any atom is 0.230 e. The van der Waals surface area contributed by atoms with Crippen molar-refractivity contribution in [2.24, 2.45) is 0 Å². The van der Waals surface area contributed by atoms with Gasteiger partial charge in [0.1, 0.15) is 5.75 Å². The third kappa shape index (κ3) is 6.48. The number of rotatable bonds is 10. The van der Waals surface area contributed by atoms with Crippen LogP contribution >= 0.6 is 23.4 Å². The molecule has 1 heterocycles. The minimum Gasteiger partial charge on any atom is -0.482 e. The molecule has 1 unspecified atom stereocenters. The smallest absolute Gasteiger partial charge is 0.230 e. The maximum absolute atomic E-state index is 12.2. The van der Waals surface area contributed by atoms with Crippen LogP contribution in [0.5, 0.6) is 5.75 Å². The van der Waals surface area contributed by atoms with Gasteiger partial charge in [-0.05, 0) is 56.5 Å². The number of benzene rings is 2. The molecule has 0 radical (unpaired) electrons. The van der Waals surface area contributed by atoms with E-state index in [0.29, 0.717) is 29.0 Å². The molecule has 0 bridgehead atoms. The molecule has 1 N–H and O–H groups in total. The van der Waals surface area contributed by atoms with Crippen LogP contribution in [0.25, 0.3) is 0 Å². The molecule has 0 aliphatic rings. The van der Waals surface area contributed by atoms with E-state index in [1.54, 1.807) is 6.07 Å². The lowest BCUT2D eigenvalue weighted by atomic mass is 10.1. The standard InChI is InChI=1S/C23H27ClN4O2S/c1-4-28-22(17(3)30-20-11-10-19(24)14-16(20)2)26-27-23(28)31-15-21(29)25-13-12-18-8-6-5-7-9-18/h5-11,14,17H,4,12-13,15H2,1-3H3,(H,25,29). The Labute approximate surface area is 192 Å². The van der Waals surface area contributed by atoms with Crippen LogP contribution in [0.1, 0.15) is 36.9 Å². The minimum absolute atomic E-state index is 0.0192. The van der Waals surface area contributed by atoms with Gasteiger partial charge in [0, 0.05) is 18.1 Å². The Morgan fingerprint density at radius 1 is 1.23 bits per heavy atom. The van der Waals surface area contributed by atoms with Crippen molar-refractivity contribution in [3.05, 3.63) is 70.5 Å². The summed E-state index contributed by atoms with van der Waals surface area (Å²) >= 11 is 7.41. The molecule has 3 aromatic rings. The highest BCUT2D eigenvalue weighted by Crippen LogP contribution is 2.28. The van der Waals surface area contributed by atoms with Crippen molar-refractivity contribution >= 4 is 29.3 Å². The van der Waals surface area contributed by atoms with Gasteiger partial charge < -0.3 is 14.6 Å². The summed E-state index contributed by atoms with van der Waals surface area (Å²) in [5.41, 5.74) is 2.17. The van der Waals surface area contributed by atoms with Crippen molar-refractivity contribution in [2.45, 2.75) is 45.0 Å². The van der Waals surface area contributed by atoms with Crippen LogP contribution in [-0.2, 0) is 17.8 Å². The first-order chi connectivity index (χ1) is 15.0. The first-order valence-electron chi connectivity index (χ1n) is 10.3. The van der Waals surface area contributed by atoms with Crippen molar-refractivity contribution in [1.82, 2.24) is 20.1 Å². The van der Waals surface area contributed by atoms with E-state index < -0.39 is 0 Å². The Kier molecular flexibility index (Phi) is 8.37. The number of aryl methyl sites for hydroxylation is 1. The van der Waals surface area contributed by atoms with Crippen molar-refractivity contribution in [1.29, 1.82) is 0 Å². The number of hydrogen-bond acceptors (Lipinski definition) is 5. The van der Waals surface area contributed by atoms with E-state index in [4.69, 9.17) is 16.3 Å². The molecular formula is C23H27ClN4O2S. The molecule has 3 rings (SSSR count). The molecule has 0 fully saturated rings. The van der Waals surface area contributed by atoms with E-state index >= 15 is 0 Å². The fraction of sp³-hybridized carbons (Fsp3) is 0.348. The highest BCUT2D eigenvalue weighted by Gasteiger charge is 2.20. The fourth-order valence-electron chi connectivity index (χ4n) is 3.17. The number of hydrogen-bond donors (Lipinski definition) is 1. The number of carbonyl (C=O) groups excluding carboxylic acids is 1. The number of halogens is 1. The number of carbonyl (C=O) groups is 1.